The lowest BCUT2D eigenvalue weighted by molar-refractivity contribution is 0.0711. The molecule has 142 valence electrons. The Morgan fingerprint density at radius 3 is 2.58 bits per heavy atom. The molecular weight excluding hydrogens is 332 g/mol. The van der Waals surface area contributed by atoms with Crippen LogP contribution in [0.1, 0.15) is 72.3 Å². The maximum atomic E-state index is 12.7. The van der Waals surface area contributed by atoms with Gasteiger partial charge in [0.05, 0.1) is 6.10 Å². The average molecular weight is 360 g/mol. The van der Waals surface area contributed by atoms with Crippen molar-refractivity contribution in [2.75, 3.05) is 26.2 Å². The minimum absolute atomic E-state index is 0.127. The van der Waals surface area contributed by atoms with Gasteiger partial charge in [-0.1, -0.05) is 0 Å². The summed E-state index contributed by atoms with van der Waals surface area (Å²) in [5.74, 6) is -0.517. The van der Waals surface area contributed by atoms with Crippen LogP contribution in [0.25, 0.3) is 0 Å². The van der Waals surface area contributed by atoms with Gasteiger partial charge in [0, 0.05) is 38.6 Å². The van der Waals surface area contributed by atoms with Gasteiger partial charge in [-0.25, -0.2) is 9.97 Å². The molecule has 0 bridgehead atoms. The molecule has 3 heterocycles. The van der Waals surface area contributed by atoms with Crippen LogP contribution in [0.15, 0.2) is 12.4 Å². The molecule has 1 aromatic rings. The monoisotopic (exact) mass is 360 g/mol. The van der Waals surface area contributed by atoms with Crippen LogP contribution in [0.4, 0.5) is 0 Å². The molecule has 0 spiro atoms. The number of amides is 2. The number of piperidine rings is 1. The van der Waals surface area contributed by atoms with E-state index in [-0.39, 0.29) is 23.2 Å². The Bertz CT molecular complexity index is 611. The van der Waals surface area contributed by atoms with E-state index in [9.17, 15) is 9.59 Å². The minimum atomic E-state index is -0.324. The van der Waals surface area contributed by atoms with Gasteiger partial charge in [0.25, 0.3) is 11.8 Å². The Morgan fingerprint density at radius 2 is 1.85 bits per heavy atom. The SMILES string of the molecule is O=C(NCCCC[C@H]1CCCO1)c1nccnc1C(=O)N1CCCCC1. The first-order valence-electron chi connectivity index (χ1n) is 9.76. The van der Waals surface area contributed by atoms with Crippen molar-refractivity contribution in [3.05, 3.63) is 23.8 Å². The molecule has 2 saturated heterocycles. The van der Waals surface area contributed by atoms with E-state index in [0.29, 0.717) is 12.6 Å². The fourth-order valence-corrected chi connectivity index (χ4v) is 3.56. The molecule has 2 fully saturated rings. The van der Waals surface area contributed by atoms with E-state index in [1.54, 1.807) is 4.90 Å². The summed E-state index contributed by atoms with van der Waals surface area (Å²) in [7, 11) is 0. The number of carbonyl (C=O) groups excluding carboxylic acids is 2. The van der Waals surface area contributed by atoms with Crippen molar-refractivity contribution in [1.29, 1.82) is 0 Å². The summed E-state index contributed by atoms with van der Waals surface area (Å²) in [5.41, 5.74) is 0.286. The zero-order chi connectivity index (χ0) is 18.2. The fourth-order valence-electron chi connectivity index (χ4n) is 3.56. The van der Waals surface area contributed by atoms with Gasteiger partial charge in [0.1, 0.15) is 0 Å². The highest BCUT2D eigenvalue weighted by Gasteiger charge is 2.25. The second-order valence-electron chi connectivity index (χ2n) is 6.99. The average Bonchev–Trinajstić information content (AvgIpc) is 3.21. The zero-order valence-electron chi connectivity index (χ0n) is 15.3. The lowest BCUT2D eigenvalue weighted by Gasteiger charge is -2.26. The lowest BCUT2D eigenvalue weighted by atomic mass is 10.1. The van der Waals surface area contributed by atoms with E-state index in [1.807, 2.05) is 0 Å². The number of aromatic nitrogens is 2. The van der Waals surface area contributed by atoms with Gasteiger partial charge in [0.15, 0.2) is 11.4 Å². The van der Waals surface area contributed by atoms with Crippen molar-refractivity contribution in [2.24, 2.45) is 0 Å². The summed E-state index contributed by atoms with van der Waals surface area (Å²) in [6, 6.07) is 0. The number of hydrogen-bond donors (Lipinski definition) is 1. The zero-order valence-corrected chi connectivity index (χ0v) is 15.3. The second kappa shape index (κ2) is 9.62. The predicted octanol–water partition coefficient (Wildman–Crippen LogP) is 2.18. The van der Waals surface area contributed by atoms with E-state index in [0.717, 1.165) is 71.1 Å². The van der Waals surface area contributed by atoms with Crippen molar-refractivity contribution in [1.82, 2.24) is 20.2 Å². The Labute approximate surface area is 154 Å². The quantitative estimate of drug-likeness (QED) is 0.754. The molecular formula is C19H28N4O3. The summed E-state index contributed by atoms with van der Waals surface area (Å²) in [4.78, 5) is 35.2. The molecule has 3 rings (SSSR count). The van der Waals surface area contributed by atoms with Crippen LogP contribution in [0.2, 0.25) is 0 Å². The molecule has 2 aliphatic heterocycles. The second-order valence-corrected chi connectivity index (χ2v) is 6.99. The van der Waals surface area contributed by atoms with Crippen molar-refractivity contribution in [3.8, 4) is 0 Å². The van der Waals surface area contributed by atoms with Crippen LogP contribution in [-0.2, 0) is 4.74 Å². The summed E-state index contributed by atoms with van der Waals surface area (Å²) >= 11 is 0. The maximum Gasteiger partial charge on any atom is 0.274 e. The fraction of sp³-hybridized carbons (Fsp3) is 0.684. The van der Waals surface area contributed by atoms with Gasteiger partial charge in [-0.2, -0.15) is 0 Å². The number of rotatable bonds is 7. The maximum absolute atomic E-state index is 12.7. The standard InChI is InChI=1S/C19H28N4O3/c24-18(22-9-3-2-7-15-8-6-14-26-15)16-17(21-11-10-20-16)19(25)23-12-4-1-5-13-23/h10-11,15H,1-9,12-14H2,(H,22,24)/t15-/m0/s1. The summed E-state index contributed by atoms with van der Waals surface area (Å²) in [6.07, 6.45) is 11.7. The molecule has 0 aliphatic carbocycles. The van der Waals surface area contributed by atoms with E-state index < -0.39 is 0 Å². The van der Waals surface area contributed by atoms with E-state index in [2.05, 4.69) is 15.3 Å². The molecule has 1 aromatic heterocycles. The first-order valence-corrected chi connectivity index (χ1v) is 9.76. The normalized spacial score (nSPS) is 20.2. The topological polar surface area (TPSA) is 84.4 Å². The molecule has 0 aromatic carbocycles. The summed E-state index contributed by atoms with van der Waals surface area (Å²) in [5, 5.41) is 2.87. The minimum Gasteiger partial charge on any atom is -0.378 e. The lowest BCUT2D eigenvalue weighted by Crippen LogP contribution is -2.38. The molecule has 0 radical (unpaired) electrons. The van der Waals surface area contributed by atoms with Crippen molar-refractivity contribution in [3.63, 3.8) is 0 Å². The van der Waals surface area contributed by atoms with Crippen LogP contribution < -0.4 is 5.32 Å². The Hall–Kier alpha value is -2.02. The first-order chi connectivity index (χ1) is 12.8. The number of carbonyl (C=O) groups is 2. The van der Waals surface area contributed by atoms with Crippen molar-refractivity contribution < 1.29 is 14.3 Å². The highest BCUT2D eigenvalue weighted by molar-refractivity contribution is 6.04. The van der Waals surface area contributed by atoms with E-state index in [4.69, 9.17) is 4.74 Å². The highest BCUT2D eigenvalue weighted by atomic mass is 16.5. The number of likely N-dealkylation sites (tertiary alicyclic amines) is 1. The molecule has 26 heavy (non-hydrogen) atoms. The summed E-state index contributed by atoms with van der Waals surface area (Å²) < 4.78 is 5.60. The number of nitrogens with zero attached hydrogens (tertiary/aromatic N) is 3. The van der Waals surface area contributed by atoms with Crippen molar-refractivity contribution >= 4 is 11.8 Å². The number of hydrogen-bond acceptors (Lipinski definition) is 5. The first kappa shape index (κ1) is 18.8. The van der Waals surface area contributed by atoms with Crippen LogP contribution >= 0.6 is 0 Å². The molecule has 2 aliphatic rings. The van der Waals surface area contributed by atoms with Crippen LogP contribution in [0.3, 0.4) is 0 Å². The largest absolute Gasteiger partial charge is 0.378 e. The molecule has 0 unspecified atom stereocenters. The third-order valence-corrected chi connectivity index (χ3v) is 5.02. The third-order valence-electron chi connectivity index (χ3n) is 5.02. The Balaban J connectivity index is 1.49. The van der Waals surface area contributed by atoms with Gasteiger partial charge in [-0.05, 0) is 51.4 Å². The van der Waals surface area contributed by atoms with Gasteiger partial charge in [-0.15, -0.1) is 0 Å². The van der Waals surface area contributed by atoms with Gasteiger partial charge >= 0.3 is 0 Å². The van der Waals surface area contributed by atoms with Gasteiger partial charge in [0.2, 0.25) is 0 Å². The van der Waals surface area contributed by atoms with Crippen molar-refractivity contribution in [2.45, 2.75) is 57.5 Å². The molecule has 1 N–H and O–H groups in total. The molecule has 2 amide bonds. The van der Waals surface area contributed by atoms with Crippen LogP contribution in [-0.4, -0.2) is 59.0 Å². The van der Waals surface area contributed by atoms with E-state index in [1.165, 1.54) is 12.4 Å². The molecule has 0 saturated carbocycles. The Kier molecular flexibility index (Phi) is 6.94. The number of nitrogens with one attached hydrogen (secondary N) is 1. The third kappa shape index (κ3) is 5.00. The summed E-state index contributed by atoms with van der Waals surface area (Å²) in [6.45, 7) is 2.89. The predicted molar refractivity (Wildman–Crippen MR) is 96.9 cm³/mol. The molecule has 7 heteroatoms. The van der Waals surface area contributed by atoms with Gasteiger partial charge in [-0.3, -0.25) is 9.59 Å². The van der Waals surface area contributed by atoms with Crippen LogP contribution in [0, 0.1) is 0 Å². The highest BCUT2D eigenvalue weighted by Crippen LogP contribution is 2.17. The van der Waals surface area contributed by atoms with E-state index >= 15 is 0 Å². The smallest absolute Gasteiger partial charge is 0.274 e. The Morgan fingerprint density at radius 1 is 1.08 bits per heavy atom. The van der Waals surface area contributed by atoms with Gasteiger partial charge < -0.3 is 15.0 Å². The number of unbranched alkanes of at least 4 members (excludes halogenated alkanes) is 1. The molecule has 1 atom stereocenters. The molecule has 7 nitrogen and oxygen atoms in total. The van der Waals surface area contributed by atoms with Crippen LogP contribution in [0.5, 0.6) is 0 Å². The number of ether oxygens (including phenoxy) is 1.